The molecule has 0 aliphatic carbocycles. The highest BCUT2D eigenvalue weighted by molar-refractivity contribution is 9.11. The summed E-state index contributed by atoms with van der Waals surface area (Å²) in [5.41, 5.74) is 1.12. The van der Waals surface area contributed by atoms with Gasteiger partial charge in [0, 0.05) is 37.9 Å². The molecule has 0 saturated heterocycles. The predicted molar refractivity (Wildman–Crippen MR) is 91.0 cm³/mol. The Morgan fingerprint density at radius 1 is 1.11 bits per heavy atom. The van der Waals surface area contributed by atoms with Crippen LogP contribution in [0, 0.1) is 0 Å². The summed E-state index contributed by atoms with van der Waals surface area (Å²) in [6, 6.07) is 6.19. The Labute approximate surface area is 141 Å². The first-order chi connectivity index (χ1) is 9.10. The zero-order valence-electron chi connectivity index (χ0n) is 10.2. The van der Waals surface area contributed by atoms with Gasteiger partial charge in [0.2, 0.25) is 0 Å². The lowest BCUT2D eigenvalue weighted by Crippen LogP contribution is -2.12. The van der Waals surface area contributed by atoms with Crippen molar-refractivity contribution in [2.45, 2.75) is 13.1 Å². The minimum atomic E-state index is 0.761. The van der Waals surface area contributed by atoms with Crippen molar-refractivity contribution >= 4 is 59.1 Å². The molecule has 0 radical (unpaired) electrons. The summed E-state index contributed by atoms with van der Waals surface area (Å²) in [6.45, 7) is 1.61. The van der Waals surface area contributed by atoms with Crippen LogP contribution in [0.1, 0.15) is 10.4 Å². The lowest BCUT2D eigenvalue weighted by molar-refractivity contribution is 0.405. The maximum atomic E-state index is 5.43. The van der Waals surface area contributed by atoms with Crippen molar-refractivity contribution in [2.24, 2.45) is 0 Å². The lowest BCUT2D eigenvalue weighted by Gasteiger charge is -2.12. The fourth-order valence-corrected chi connectivity index (χ4v) is 4.64. The number of hydrogen-bond acceptors (Lipinski definition) is 3. The van der Waals surface area contributed by atoms with E-state index >= 15 is 0 Å². The largest absolute Gasteiger partial charge is 0.495 e. The van der Waals surface area contributed by atoms with Crippen LogP contribution in [0.4, 0.5) is 0 Å². The number of ether oxygens (including phenoxy) is 1. The van der Waals surface area contributed by atoms with E-state index in [0.717, 1.165) is 37.8 Å². The number of halogens is 3. The Hall–Kier alpha value is 0.120. The van der Waals surface area contributed by atoms with Gasteiger partial charge < -0.3 is 10.1 Å². The highest BCUT2D eigenvalue weighted by Crippen LogP contribution is 2.32. The van der Waals surface area contributed by atoms with Gasteiger partial charge in [-0.15, -0.1) is 11.3 Å². The molecule has 0 unspecified atom stereocenters. The van der Waals surface area contributed by atoms with E-state index in [4.69, 9.17) is 4.74 Å². The number of rotatable bonds is 5. The van der Waals surface area contributed by atoms with Gasteiger partial charge in [-0.2, -0.15) is 0 Å². The monoisotopic (exact) mass is 467 g/mol. The van der Waals surface area contributed by atoms with Crippen LogP contribution < -0.4 is 10.1 Å². The molecule has 1 N–H and O–H groups in total. The topological polar surface area (TPSA) is 21.3 Å². The van der Waals surface area contributed by atoms with Gasteiger partial charge in [-0.3, -0.25) is 0 Å². The molecule has 1 aromatic carbocycles. The second kappa shape index (κ2) is 7.22. The van der Waals surface area contributed by atoms with E-state index in [-0.39, 0.29) is 0 Å². The van der Waals surface area contributed by atoms with E-state index in [1.54, 1.807) is 18.4 Å². The Morgan fingerprint density at radius 2 is 1.89 bits per heavy atom. The molecule has 2 nitrogen and oxygen atoms in total. The maximum absolute atomic E-state index is 5.43. The summed E-state index contributed by atoms with van der Waals surface area (Å²) in [5, 5.41) is 5.52. The highest BCUT2D eigenvalue weighted by Gasteiger charge is 2.09. The van der Waals surface area contributed by atoms with Crippen molar-refractivity contribution in [1.29, 1.82) is 0 Å². The van der Waals surface area contributed by atoms with E-state index in [1.165, 1.54) is 4.88 Å². The zero-order valence-corrected chi connectivity index (χ0v) is 15.7. The van der Waals surface area contributed by atoms with E-state index < -0.39 is 0 Å². The van der Waals surface area contributed by atoms with Crippen LogP contribution in [0.5, 0.6) is 5.75 Å². The van der Waals surface area contributed by atoms with Gasteiger partial charge in [-0.25, -0.2) is 0 Å². The van der Waals surface area contributed by atoms with Gasteiger partial charge in [0.05, 0.1) is 11.6 Å². The third-order valence-corrected chi connectivity index (χ3v) is 5.27. The molecule has 0 saturated carbocycles. The normalized spacial score (nSPS) is 10.7. The molecule has 0 bridgehead atoms. The fraction of sp³-hybridized carbons (Fsp3) is 0.231. The number of nitrogens with one attached hydrogen (secondary N) is 1. The first-order valence-electron chi connectivity index (χ1n) is 5.55. The summed E-state index contributed by atoms with van der Waals surface area (Å²) in [7, 11) is 1.69. The summed E-state index contributed by atoms with van der Waals surface area (Å²) < 4.78 is 8.56. The van der Waals surface area contributed by atoms with Crippen LogP contribution in [0.25, 0.3) is 0 Å². The predicted octanol–water partition coefficient (Wildman–Crippen LogP) is 5.33. The average Bonchev–Trinajstić information content (AvgIpc) is 2.74. The first kappa shape index (κ1) is 15.5. The van der Waals surface area contributed by atoms with Crippen LogP contribution in [-0.2, 0) is 13.1 Å². The van der Waals surface area contributed by atoms with Crippen molar-refractivity contribution in [3.05, 3.63) is 47.4 Å². The molecule has 0 atom stereocenters. The van der Waals surface area contributed by atoms with Gasteiger partial charge >= 0.3 is 0 Å². The third-order valence-electron chi connectivity index (χ3n) is 2.53. The minimum Gasteiger partial charge on any atom is -0.495 e. The molecule has 19 heavy (non-hydrogen) atoms. The standard InChI is InChI=1S/C13H12Br3NOS/c1-18-13-8(2-9(14)4-12(13)16)5-17-6-11-3-10(15)7-19-11/h2-4,7,17H,5-6H2,1H3. The Morgan fingerprint density at radius 3 is 2.53 bits per heavy atom. The molecule has 0 amide bonds. The summed E-state index contributed by atoms with van der Waals surface area (Å²) >= 11 is 12.2. The maximum Gasteiger partial charge on any atom is 0.137 e. The van der Waals surface area contributed by atoms with Gasteiger partial charge in [-0.05, 0) is 50.1 Å². The van der Waals surface area contributed by atoms with Gasteiger partial charge in [0.25, 0.3) is 0 Å². The van der Waals surface area contributed by atoms with Crippen molar-refractivity contribution in [3.63, 3.8) is 0 Å². The molecule has 0 aliphatic rings. The molecule has 6 heteroatoms. The second-order valence-electron chi connectivity index (χ2n) is 3.91. The summed E-state index contributed by atoms with van der Waals surface area (Å²) in [5.74, 6) is 0.878. The number of benzene rings is 1. The van der Waals surface area contributed by atoms with E-state index in [0.29, 0.717) is 0 Å². The molecular formula is C13H12Br3NOS. The van der Waals surface area contributed by atoms with E-state index in [1.807, 2.05) is 6.07 Å². The highest BCUT2D eigenvalue weighted by atomic mass is 79.9. The smallest absolute Gasteiger partial charge is 0.137 e. The number of hydrogen-bond donors (Lipinski definition) is 1. The van der Waals surface area contributed by atoms with Crippen LogP contribution in [0.2, 0.25) is 0 Å². The average molecular weight is 470 g/mol. The zero-order chi connectivity index (χ0) is 13.8. The van der Waals surface area contributed by atoms with Crippen LogP contribution in [0.15, 0.2) is 37.0 Å². The fourth-order valence-electron chi connectivity index (χ4n) is 1.74. The SMILES string of the molecule is COc1c(Br)cc(Br)cc1CNCc1cc(Br)cs1. The van der Waals surface area contributed by atoms with Crippen LogP contribution in [-0.4, -0.2) is 7.11 Å². The third kappa shape index (κ3) is 4.29. The Bertz CT molecular complexity index is 571. The molecule has 102 valence electrons. The van der Waals surface area contributed by atoms with E-state index in [9.17, 15) is 0 Å². The Kier molecular flexibility index (Phi) is 5.89. The second-order valence-corrected chi connectivity index (χ2v) is 7.60. The molecule has 0 spiro atoms. The summed E-state index contributed by atoms with van der Waals surface area (Å²) in [6.07, 6.45) is 0. The van der Waals surface area contributed by atoms with Crippen molar-refractivity contribution < 1.29 is 4.74 Å². The van der Waals surface area contributed by atoms with Gasteiger partial charge in [-0.1, -0.05) is 15.9 Å². The van der Waals surface area contributed by atoms with Crippen molar-refractivity contribution in [3.8, 4) is 5.75 Å². The van der Waals surface area contributed by atoms with Crippen LogP contribution in [0.3, 0.4) is 0 Å². The van der Waals surface area contributed by atoms with Gasteiger partial charge in [0.15, 0.2) is 0 Å². The quantitative estimate of drug-likeness (QED) is 0.638. The van der Waals surface area contributed by atoms with Crippen molar-refractivity contribution in [2.75, 3.05) is 7.11 Å². The number of methoxy groups -OCH3 is 1. The molecule has 2 rings (SSSR count). The minimum absolute atomic E-state index is 0.761. The molecular weight excluding hydrogens is 458 g/mol. The number of thiophene rings is 1. The van der Waals surface area contributed by atoms with Crippen LogP contribution >= 0.6 is 59.1 Å². The molecule has 1 heterocycles. The molecule has 2 aromatic rings. The molecule has 1 aromatic heterocycles. The molecule has 0 aliphatic heterocycles. The lowest BCUT2D eigenvalue weighted by atomic mass is 10.2. The van der Waals surface area contributed by atoms with Crippen molar-refractivity contribution in [1.82, 2.24) is 5.32 Å². The van der Waals surface area contributed by atoms with Gasteiger partial charge in [0.1, 0.15) is 5.75 Å². The molecule has 0 fully saturated rings. The Balaban J connectivity index is 2.02. The first-order valence-corrected chi connectivity index (χ1v) is 8.81. The van der Waals surface area contributed by atoms with E-state index in [2.05, 4.69) is 70.6 Å². The summed E-state index contributed by atoms with van der Waals surface area (Å²) in [4.78, 5) is 1.31.